The Labute approximate surface area is 172 Å². The van der Waals surface area contributed by atoms with Crippen LogP contribution in [0.25, 0.3) is 0 Å². The van der Waals surface area contributed by atoms with Crippen LogP contribution in [0.1, 0.15) is 40.7 Å². The van der Waals surface area contributed by atoms with E-state index in [1.165, 1.54) is 23.2 Å². The second-order valence-corrected chi connectivity index (χ2v) is 8.45. The average Bonchev–Trinajstić information content (AvgIpc) is 3.01. The number of para-hydroxylation sites is 1. The van der Waals surface area contributed by atoms with Crippen molar-refractivity contribution in [3.8, 4) is 0 Å². The number of hydrogen-bond donors (Lipinski definition) is 1. The molecule has 0 aromatic heterocycles. The fourth-order valence-electron chi connectivity index (χ4n) is 4.62. The molecule has 28 heavy (non-hydrogen) atoms. The highest BCUT2D eigenvalue weighted by molar-refractivity contribution is 6.33. The van der Waals surface area contributed by atoms with Gasteiger partial charge in [0.1, 0.15) is 0 Å². The van der Waals surface area contributed by atoms with Gasteiger partial charge < -0.3 is 10.2 Å². The molecule has 0 spiro atoms. The third-order valence-corrected chi connectivity index (χ3v) is 6.64. The van der Waals surface area contributed by atoms with Crippen molar-refractivity contribution in [3.05, 3.63) is 64.2 Å². The molecule has 148 valence electrons. The van der Waals surface area contributed by atoms with Crippen molar-refractivity contribution in [2.75, 3.05) is 25.5 Å². The van der Waals surface area contributed by atoms with E-state index in [4.69, 9.17) is 11.6 Å². The Morgan fingerprint density at radius 1 is 1.07 bits per heavy atom. The van der Waals surface area contributed by atoms with E-state index in [0.29, 0.717) is 29.2 Å². The van der Waals surface area contributed by atoms with E-state index in [-0.39, 0.29) is 5.91 Å². The first kappa shape index (κ1) is 19.3. The number of fused-ring (bicyclic) bond motifs is 3. The van der Waals surface area contributed by atoms with Crippen LogP contribution in [0.15, 0.2) is 42.5 Å². The summed E-state index contributed by atoms with van der Waals surface area (Å²) in [6.07, 6.45) is 3.45. The van der Waals surface area contributed by atoms with E-state index >= 15 is 0 Å². The molecule has 2 aliphatic rings. The van der Waals surface area contributed by atoms with Gasteiger partial charge in [0.25, 0.3) is 5.91 Å². The van der Waals surface area contributed by atoms with Crippen molar-refractivity contribution < 1.29 is 4.79 Å². The summed E-state index contributed by atoms with van der Waals surface area (Å²) in [5.74, 6) is 0.00848. The standard InChI is InChI=1S/C23H28ClN3O/c1-16-6-5-7-17-14-27(23(28)20-8-3-4-9-21(20)24)15-19-11-10-18(26(19)2)12-13-25-22(16)17/h3-9,18-19,25H,10-15H2,1-2H3. The third kappa shape index (κ3) is 3.76. The Kier molecular flexibility index (Phi) is 5.61. The van der Waals surface area contributed by atoms with Crippen LogP contribution in [0, 0.1) is 6.92 Å². The summed E-state index contributed by atoms with van der Waals surface area (Å²) in [6.45, 7) is 4.40. The Balaban J connectivity index is 1.72. The molecule has 2 aliphatic heterocycles. The van der Waals surface area contributed by atoms with Crippen molar-refractivity contribution in [2.24, 2.45) is 0 Å². The zero-order valence-corrected chi connectivity index (χ0v) is 17.4. The number of likely N-dealkylation sites (N-methyl/N-ethyl adjacent to an activating group) is 1. The molecule has 1 fully saturated rings. The molecule has 1 saturated heterocycles. The molecule has 2 aromatic carbocycles. The van der Waals surface area contributed by atoms with Gasteiger partial charge >= 0.3 is 0 Å². The molecular weight excluding hydrogens is 370 g/mol. The number of halogens is 1. The van der Waals surface area contributed by atoms with E-state index in [1.54, 1.807) is 6.07 Å². The number of rotatable bonds is 1. The van der Waals surface area contributed by atoms with Crippen LogP contribution in [0.4, 0.5) is 5.69 Å². The Bertz CT molecular complexity index is 869. The molecular formula is C23H28ClN3O. The Morgan fingerprint density at radius 2 is 1.86 bits per heavy atom. The minimum atomic E-state index is 0.00848. The maximum absolute atomic E-state index is 13.4. The van der Waals surface area contributed by atoms with Crippen LogP contribution >= 0.6 is 11.6 Å². The average molecular weight is 398 g/mol. The quantitative estimate of drug-likeness (QED) is 0.765. The number of amides is 1. The molecule has 0 aliphatic carbocycles. The highest BCUT2D eigenvalue weighted by Crippen LogP contribution is 2.30. The third-order valence-electron chi connectivity index (χ3n) is 6.31. The second kappa shape index (κ2) is 8.14. The van der Waals surface area contributed by atoms with Crippen LogP contribution in [0.2, 0.25) is 5.02 Å². The maximum atomic E-state index is 13.4. The number of carbonyl (C=O) groups excluding carboxylic acids is 1. The van der Waals surface area contributed by atoms with Gasteiger partial charge in [0, 0.05) is 37.4 Å². The monoisotopic (exact) mass is 397 g/mol. The molecule has 1 N–H and O–H groups in total. The molecule has 5 heteroatoms. The van der Waals surface area contributed by atoms with Gasteiger partial charge in [-0.1, -0.05) is 41.9 Å². The Morgan fingerprint density at radius 3 is 2.68 bits per heavy atom. The number of benzene rings is 2. The van der Waals surface area contributed by atoms with Crippen molar-refractivity contribution in [3.63, 3.8) is 0 Å². The van der Waals surface area contributed by atoms with Gasteiger partial charge in [-0.15, -0.1) is 0 Å². The van der Waals surface area contributed by atoms with E-state index in [2.05, 4.69) is 42.4 Å². The van der Waals surface area contributed by atoms with Crippen LogP contribution in [-0.2, 0) is 6.54 Å². The van der Waals surface area contributed by atoms with E-state index < -0.39 is 0 Å². The number of anilines is 1. The van der Waals surface area contributed by atoms with Gasteiger partial charge in [-0.3, -0.25) is 9.69 Å². The van der Waals surface area contributed by atoms with Gasteiger partial charge in [-0.25, -0.2) is 0 Å². The lowest BCUT2D eigenvalue weighted by Gasteiger charge is -2.31. The summed E-state index contributed by atoms with van der Waals surface area (Å²) in [5, 5.41) is 4.17. The lowest BCUT2D eigenvalue weighted by molar-refractivity contribution is 0.0689. The van der Waals surface area contributed by atoms with Crippen LogP contribution in [-0.4, -0.2) is 47.9 Å². The zero-order chi connectivity index (χ0) is 19.7. The molecule has 2 aromatic rings. The van der Waals surface area contributed by atoms with Gasteiger partial charge in [-0.2, -0.15) is 0 Å². The fourth-order valence-corrected chi connectivity index (χ4v) is 4.84. The van der Waals surface area contributed by atoms with Crippen molar-refractivity contribution in [1.82, 2.24) is 9.80 Å². The minimum absolute atomic E-state index is 0.00848. The van der Waals surface area contributed by atoms with Gasteiger partial charge in [0.05, 0.1) is 10.6 Å². The summed E-state index contributed by atoms with van der Waals surface area (Å²) >= 11 is 6.36. The van der Waals surface area contributed by atoms with Gasteiger partial charge in [-0.05, 0) is 56.5 Å². The molecule has 2 heterocycles. The maximum Gasteiger partial charge on any atom is 0.255 e. The number of carbonyl (C=O) groups is 1. The number of nitrogens with one attached hydrogen (secondary N) is 1. The minimum Gasteiger partial charge on any atom is -0.384 e. The summed E-state index contributed by atoms with van der Waals surface area (Å²) in [5.41, 5.74) is 4.14. The fraction of sp³-hybridized carbons (Fsp3) is 0.435. The number of aryl methyl sites for hydroxylation is 1. The molecule has 4 rings (SSSR count). The lowest BCUT2D eigenvalue weighted by Crippen LogP contribution is -2.43. The lowest BCUT2D eigenvalue weighted by atomic mass is 10.0. The predicted octanol–water partition coefficient (Wildman–Crippen LogP) is 4.57. The smallest absolute Gasteiger partial charge is 0.255 e. The highest BCUT2D eigenvalue weighted by atomic mass is 35.5. The first-order valence-electron chi connectivity index (χ1n) is 10.1. The normalized spacial score (nSPS) is 22.9. The Hall–Kier alpha value is -2.04. The summed E-state index contributed by atoms with van der Waals surface area (Å²) in [7, 11) is 2.21. The van der Waals surface area contributed by atoms with E-state index in [0.717, 1.165) is 25.9 Å². The molecule has 2 bridgehead atoms. The van der Waals surface area contributed by atoms with Crippen LogP contribution < -0.4 is 5.32 Å². The summed E-state index contributed by atoms with van der Waals surface area (Å²) in [6, 6.07) is 14.7. The number of hydrogen-bond acceptors (Lipinski definition) is 3. The van der Waals surface area contributed by atoms with E-state index in [1.807, 2.05) is 23.1 Å². The molecule has 1 amide bonds. The SMILES string of the molecule is Cc1cccc2c1NCCC1CCC(CN(C(=O)c3ccccc3Cl)C2)N1C. The molecule has 4 nitrogen and oxygen atoms in total. The van der Waals surface area contributed by atoms with Crippen LogP contribution in [0.3, 0.4) is 0 Å². The largest absolute Gasteiger partial charge is 0.384 e. The topological polar surface area (TPSA) is 35.6 Å². The molecule has 0 radical (unpaired) electrons. The van der Waals surface area contributed by atoms with Crippen molar-refractivity contribution >= 4 is 23.2 Å². The van der Waals surface area contributed by atoms with Crippen LogP contribution in [0.5, 0.6) is 0 Å². The van der Waals surface area contributed by atoms with E-state index in [9.17, 15) is 4.79 Å². The van der Waals surface area contributed by atoms with Crippen molar-refractivity contribution in [1.29, 1.82) is 0 Å². The second-order valence-electron chi connectivity index (χ2n) is 8.04. The zero-order valence-electron chi connectivity index (χ0n) is 16.6. The van der Waals surface area contributed by atoms with Gasteiger partial charge in [0.2, 0.25) is 0 Å². The first-order valence-corrected chi connectivity index (χ1v) is 10.5. The highest BCUT2D eigenvalue weighted by Gasteiger charge is 2.33. The van der Waals surface area contributed by atoms with Crippen molar-refractivity contribution in [2.45, 2.75) is 44.8 Å². The molecule has 2 atom stereocenters. The molecule has 2 unspecified atom stereocenters. The first-order chi connectivity index (χ1) is 13.5. The predicted molar refractivity (Wildman–Crippen MR) is 115 cm³/mol. The molecule has 0 saturated carbocycles. The number of nitrogens with zero attached hydrogens (tertiary/aromatic N) is 2. The summed E-state index contributed by atoms with van der Waals surface area (Å²) in [4.78, 5) is 17.9. The summed E-state index contributed by atoms with van der Waals surface area (Å²) < 4.78 is 0. The van der Waals surface area contributed by atoms with Gasteiger partial charge in [0.15, 0.2) is 0 Å².